The van der Waals surface area contributed by atoms with Gasteiger partial charge in [-0.3, -0.25) is 0 Å². The van der Waals surface area contributed by atoms with Crippen LogP contribution in [0.4, 0.5) is 0 Å². The molecule has 0 fully saturated rings. The van der Waals surface area contributed by atoms with Gasteiger partial charge in [0.25, 0.3) is 0 Å². The van der Waals surface area contributed by atoms with Gasteiger partial charge < -0.3 is 4.98 Å². The molecule has 0 aliphatic carbocycles. The number of aryl methyl sites for hydroxylation is 1. The number of hydrogen-bond donors (Lipinski definition) is 1. The van der Waals surface area contributed by atoms with Gasteiger partial charge in [-0.2, -0.15) is 5.10 Å². The third kappa shape index (κ3) is 1.91. The molecule has 5 heteroatoms. The van der Waals surface area contributed by atoms with Gasteiger partial charge in [-0.05, 0) is 24.1 Å². The summed E-state index contributed by atoms with van der Waals surface area (Å²) in [4.78, 5) is 7.69. The van der Waals surface area contributed by atoms with E-state index >= 15 is 0 Å². The van der Waals surface area contributed by atoms with E-state index in [1.165, 1.54) is 0 Å². The highest BCUT2D eigenvalue weighted by atomic mass is 35.5. The smallest absolute Gasteiger partial charge is 0.229 e. The first-order valence-corrected chi connectivity index (χ1v) is 5.95. The molecule has 0 atom stereocenters. The Balaban J connectivity index is 2.01. The van der Waals surface area contributed by atoms with E-state index in [4.69, 9.17) is 11.6 Å². The Morgan fingerprint density at radius 3 is 3.00 bits per heavy atom. The third-order valence-electron chi connectivity index (χ3n) is 2.61. The Bertz CT molecular complexity index is 608. The summed E-state index contributed by atoms with van der Waals surface area (Å²) in [7, 11) is 0. The van der Waals surface area contributed by atoms with E-state index in [1.54, 1.807) is 4.68 Å². The molecule has 0 spiro atoms. The number of H-pyrrole nitrogens is 1. The lowest BCUT2D eigenvalue weighted by Gasteiger charge is -1.92. The molecule has 86 valence electrons. The molecule has 0 saturated heterocycles. The number of fused-ring (bicyclic) bond motifs is 1. The minimum absolute atomic E-state index is 0.603. The highest BCUT2D eigenvalue weighted by Gasteiger charge is 2.05. The number of nitrogens with one attached hydrogen (secondary N) is 1. The van der Waals surface area contributed by atoms with Crippen molar-refractivity contribution in [3.8, 4) is 5.95 Å². The van der Waals surface area contributed by atoms with Crippen LogP contribution in [0.5, 0.6) is 0 Å². The standard InChI is InChI=1S/C12H11ClN4/c13-6-5-9-7-14-17(8-9)12-15-10-3-1-2-4-11(10)16-12/h1-4,7-8H,5-6H2,(H,15,16). The summed E-state index contributed by atoms with van der Waals surface area (Å²) in [6, 6.07) is 7.91. The minimum Gasteiger partial charge on any atom is -0.322 e. The van der Waals surface area contributed by atoms with Crippen LogP contribution in [0.2, 0.25) is 0 Å². The van der Waals surface area contributed by atoms with Gasteiger partial charge in [-0.1, -0.05) is 12.1 Å². The molecule has 0 amide bonds. The zero-order valence-electron chi connectivity index (χ0n) is 9.10. The van der Waals surface area contributed by atoms with Crippen LogP contribution in [-0.4, -0.2) is 25.6 Å². The van der Waals surface area contributed by atoms with Gasteiger partial charge in [0.1, 0.15) is 0 Å². The molecule has 0 saturated carbocycles. The number of aromatic nitrogens is 4. The molecule has 2 aromatic heterocycles. The molecule has 3 rings (SSSR count). The highest BCUT2D eigenvalue weighted by molar-refractivity contribution is 6.17. The first kappa shape index (κ1) is 10.4. The number of imidazole rings is 1. The van der Waals surface area contributed by atoms with Crippen molar-refractivity contribution in [2.45, 2.75) is 6.42 Å². The Labute approximate surface area is 103 Å². The van der Waals surface area contributed by atoms with Gasteiger partial charge in [0, 0.05) is 12.1 Å². The summed E-state index contributed by atoms with van der Waals surface area (Å²) < 4.78 is 1.74. The highest BCUT2D eigenvalue weighted by Crippen LogP contribution is 2.13. The van der Waals surface area contributed by atoms with E-state index in [2.05, 4.69) is 15.1 Å². The maximum Gasteiger partial charge on any atom is 0.229 e. The van der Waals surface area contributed by atoms with E-state index in [0.29, 0.717) is 5.88 Å². The van der Waals surface area contributed by atoms with Crippen LogP contribution in [-0.2, 0) is 6.42 Å². The molecular formula is C12H11ClN4. The number of halogens is 1. The van der Waals surface area contributed by atoms with E-state index in [-0.39, 0.29) is 0 Å². The number of hydrogen-bond acceptors (Lipinski definition) is 2. The molecule has 3 aromatic rings. The second-order valence-electron chi connectivity index (χ2n) is 3.81. The molecular weight excluding hydrogens is 236 g/mol. The van der Waals surface area contributed by atoms with Crippen LogP contribution in [0.3, 0.4) is 0 Å². The lowest BCUT2D eigenvalue weighted by molar-refractivity contribution is 0.828. The Hall–Kier alpha value is -1.81. The van der Waals surface area contributed by atoms with Crippen molar-refractivity contribution >= 4 is 22.6 Å². The largest absolute Gasteiger partial charge is 0.322 e. The van der Waals surface area contributed by atoms with Crippen LogP contribution in [0.25, 0.3) is 17.0 Å². The molecule has 0 unspecified atom stereocenters. The zero-order valence-corrected chi connectivity index (χ0v) is 9.85. The number of alkyl halides is 1. The predicted molar refractivity (Wildman–Crippen MR) is 67.6 cm³/mol. The Morgan fingerprint density at radius 1 is 1.29 bits per heavy atom. The molecule has 0 radical (unpaired) electrons. The normalized spacial score (nSPS) is 11.1. The maximum atomic E-state index is 5.70. The van der Waals surface area contributed by atoms with Gasteiger partial charge in [0.15, 0.2) is 0 Å². The van der Waals surface area contributed by atoms with E-state index in [0.717, 1.165) is 29.0 Å². The summed E-state index contributed by atoms with van der Waals surface area (Å²) in [5, 5.41) is 4.26. The fourth-order valence-electron chi connectivity index (χ4n) is 1.76. The number of aromatic amines is 1. The predicted octanol–water partition coefficient (Wildman–Crippen LogP) is 2.53. The number of nitrogens with zero attached hydrogens (tertiary/aromatic N) is 3. The minimum atomic E-state index is 0.603. The van der Waals surface area contributed by atoms with Gasteiger partial charge in [-0.15, -0.1) is 11.6 Å². The third-order valence-corrected chi connectivity index (χ3v) is 2.80. The van der Waals surface area contributed by atoms with E-state index < -0.39 is 0 Å². The van der Waals surface area contributed by atoms with Crippen molar-refractivity contribution in [3.05, 3.63) is 42.2 Å². The van der Waals surface area contributed by atoms with Crippen molar-refractivity contribution in [1.29, 1.82) is 0 Å². The van der Waals surface area contributed by atoms with Crippen molar-refractivity contribution in [3.63, 3.8) is 0 Å². The number of rotatable bonds is 3. The van der Waals surface area contributed by atoms with Gasteiger partial charge >= 0.3 is 0 Å². The van der Waals surface area contributed by atoms with Crippen LogP contribution >= 0.6 is 11.6 Å². The van der Waals surface area contributed by atoms with E-state index in [1.807, 2.05) is 36.7 Å². The topological polar surface area (TPSA) is 46.5 Å². The van der Waals surface area contributed by atoms with Crippen LogP contribution in [0, 0.1) is 0 Å². The van der Waals surface area contributed by atoms with Crippen molar-refractivity contribution < 1.29 is 0 Å². The average molecular weight is 247 g/mol. The van der Waals surface area contributed by atoms with Crippen molar-refractivity contribution in [2.24, 2.45) is 0 Å². The van der Waals surface area contributed by atoms with Crippen LogP contribution in [0.15, 0.2) is 36.7 Å². The molecule has 4 nitrogen and oxygen atoms in total. The fraction of sp³-hybridized carbons (Fsp3) is 0.167. The number of benzene rings is 1. The second kappa shape index (κ2) is 4.22. The lowest BCUT2D eigenvalue weighted by atomic mass is 10.3. The molecule has 0 aliphatic rings. The Morgan fingerprint density at radius 2 is 2.18 bits per heavy atom. The average Bonchev–Trinajstić information content (AvgIpc) is 2.94. The SMILES string of the molecule is ClCCc1cnn(-c2nc3ccccc3[nH]2)c1. The summed E-state index contributed by atoms with van der Waals surface area (Å²) >= 11 is 5.70. The molecule has 1 aromatic carbocycles. The summed E-state index contributed by atoms with van der Waals surface area (Å²) in [6.07, 6.45) is 4.58. The lowest BCUT2D eigenvalue weighted by Crippen LogP contribution is -1.96. The molecule has 1 N–H and O–H groups in total. The summed E-state index contributed by atoms with van der Waals surface area (Å²) in [6.45, 7) is 0. The molecule has 2 heterocycles. The molecule has 0 bridgehead atoms. The van der Waals surface area contributed by atoms with E-state index in [9.17, 15) is 0 Å². The van der Waals surface area contributed by atoms with Gasteiger partial charge in [-0.25, -0.2) is 9.67 Å². The molecule has 0 aliphatic heterocycles. The quantitative estimate of drug-likeness (QED) is 0.722. The molecule has 17 heavy (non-hydrogen) atoms. The van der Waals surface area contributed by atoms with Gasteiger partial charge in [0.05, 0.1) is 17.2 Å². The van der Waals surface area contributed by atoms with Gasteiger partial charge in [0.2, 0.25) is 5.95 Å². The first-order chi connectivity index (χ1) is 8.36. The van der Waals surface area contributed by atoms with Crippen LogP contribution < -0.4 is 0 Å². The van der Waals surface area contributed by atoms with Crippen molar-refractivity contribution in [2.75, 3.05) is 5.88 Å². The van der Waals surface area contributed by atoms with Crippen LogP contribution in [0.1, 0.15) is 5.56 Å². The Kier molecular flexibility index (Phi) is 2.57. The summed E-state index contributed by atoms with van der Waals surface area (Å²) in [5.74, 6) is 1.33. The van der Waals surface area contributed by atoms with Crippen molar-refractivity contribution in [1.82, 2.24) is 19.7 Å². The zero-order chi connectivity index (χ0) is 11.7. The number of para-hydroxylation sites is 2. The first-order valence-electron chi connectivity index (χ1n) is 5.41. The fourth-order valence-corrected chi connectivity index (χ4v) is 1.98. The summed E-state index contributed by atoms with van der Waals surface area (Å²) in [5.41, 5.74) is 3.06. The maximum absolute atomic E-state index is 5.70. The monoisotopic (exact) mass is 246 g/mol. The second-order valence-corrected chi connectivity index (χ2v) is 4.19.